The number of nitrogens with zero attached hydrogens (tertiary/aromatic N) is 2. The highest BCUT2D eigenvalue weighted by Crippen LogP contribution is 2.39. The second-order valence-corrected chi connectivity index (χ2v) is 8.76. The van der Waals surface area contributed by atoms with E-state index in [9.17, 15) is 4.39 Å². The summed E-state index contributed by atoms with van der Waals surface area (Å²) in [6.45, 7) is 0. The number of nitrogens with one attached hydrogen (secondary N) is 1. The Hall–Kier alpha value is -3.80. The van der Waals surface area contributed by atoms with Gasteiger partial charge in [-0.25, -0.2) is 4.39 Å². The Balaban J connectivity index is 0.00000241. The molecule has 0 aliphatic heterocycles. The summed E-state index contributed by atoms with van der Waals surface area (Å²) in [6.07, 6.45) is 0. The van der Waals surface area contributed by atoms with Crippen LogP contribution in [-0.2, 0) is 0 Å². The molecule has 6 rings (SSSR count). The largest absolute Gasteiger partial charge is 1.00 e. The maximum atomic E-state index is 13.7. The average Bonchev–Trinajstić information content (AvgIpc) is 3.26. The van der Waals surface area contributed by atoms with Crippen LogP contribution in [0.15, 0.2) is 109 Å². The first-order valence-corrected chi connectivity index (χ1v) is 11.5. The summed E-state index contributed by atoms with van der Waals surface area (Å²) in [5.74, 6) is -0.269. The van der Waals surface area contributed by atoms with Gasteiger partial charge in [0.15, 0.2) is 0 Å². The molecule has 0 saturated carbocycles. The van der Waals surface area contributed by atoms with E-state index in [-0.39, 0.29) is 18.2 Å². The highest BCUT2D eigenvalue weighted by atomic mass is 35.5. The minimum absolute atomic E-state index is 0. The molecule has 0 bridgehead atoms. The van der Waals surface area contributed by atoms with E-state index < -0.39 is 0 Å². The monoisotopic (exact) mass is 483 g/mol. The van der Waals surface area contributed by atoms with E-state index in [4.69, 9.17) is 5.10 Å². The summed E-state index contributed by atoms with van der Waals surface area (Å²) in [4.78, 5) is 0. The molecule has 0 amide bonds. The van der Waals surface area contributed by atoms with Crippen LogP contribution in [-0.4, -0.2) is 5.10 Å². The molecule has 0 aliphatic rings. The van der Waals surface area contributed by atoms with Crippen molar-refractivity contribution in [2.75, 3.05) is 5.32 Å². The molecule has 5 aromatic carbocycles. The van der Waals surface area contributed by atoms with Crippen molar-refractivity contribution in [2.24, 2.45) is 0 Å². The number of anilines is 2. The van der Waals surface area contributed by atoms with Crippen LogP contribution < -0.4 is 22.4 Å². The zero-order chi connectivity index (χ0) is 22.2. The molecule has 0 saturated heterocycles. The van der Waals surface area contributed by atoms with Gasteiger partial charge in [0.25, 0.3) is 5.13 Å². The van der Waals surface area contributed by atoms with E-state index >= 15 is 0 Å². The molecule has 1 N–H and O–H groups in total. The first kappa shape index (κ1) is 22.0. The molecular formula is C28H19ClFN3S. The van der Waals surface area contributed by atoms with Gasteiger partial charge in [-0.2, -0.15) is 0 Å². The maximum absolute atomic E-state index is 13.7. The summed E-state index contributed by atoms with van der Waals surface area (Å²) >= 11 is 1.58. The third kappa shape index (κ3) is 4.00. The van der Waals surface area contributed by atoms with Crippen molar-refractivity contribution in [3.8, 4) is 16.3 Å². The molecular weight excluding hydrogens is 465 g/mol. The summed E-state index contributed by atoms with van der Waals surface area (Å²) in [5.41, 5.74) is 2.89. The van der Waals surface area contributed by atoms with Gasteiger partial charge in [-0.3, -0.25) is 0 Å². The molecule has 6 aromatic rings. The molecule has 0 aliphatic carbocycles. The molecule has 34 heavy (non-hydrogen) atoms. The first-order chi connectivity index (χ1) is 16.3. The third-order valence-corrected chi connectivity index (χ3v) is 6.61. The number of rotatable bonds is 4. The van der Waals surface area contributed by atoms with E-state index in [0.717, 1.165) is 37.8 Å². The van der Waals surface area contributed by atoms with Gasteiger partial charge in [0.2, 0.25) is 5.69 Å². The smallest absolute Gasteiger partial charge is 0.306 e. The van der Waals surface area contributed by atoms with Crippen LogP contribution in [0.2, 0.25) is 0 Å². The SMILES string of the molecule is Fc1ccc(-[n+]2nc(Nc3ccccc3)sc2-c2c3ccccc3cc3ccccc23)cc1.[Cl-]. The lowest BCUT2D eigenvalue weighted by atomic mass is 9.97. The van der Waals surface area contributed by atoms with Crippen molar-refractivity contribution in [2.45, 2.75) is 0 Å². The molecule has 1 aromatic heterocycles. The predicted octanol–water partition coefficient (Wildman–Crippen LogP) is 4.28. The normalized spacial score (nSPS) is 10.9. The van der Waals surface area contributed by atoms with Gasteiger partial charge in [0.05, 0.1) is 5.56 Å². The van der Waals surface area contributed by atoms with Gasteiger partial charge in [-0.15, -0.1) is 0 Å². The molecule has 0 unspecified atom stereocenters. The molecule has 6 heteroatoms. The Labute approximate surface area is 206 Å². The van der Waals surface area contributed by atoms with E-state index in [2.05, 4.69) is 59.9 Å². The zero-order valence-corrected chi connectivity index (χ0v) is 19.5. The Morgan fingerprint density at radius 2 is 1.29 bits per heavy atom. The van der Waals surface area contributed by atoms with Crippen LogP contribution >= 0.6 is 11.3 Å². The van der Waals surface area contributed by atoms with E-state index in [1.54, 1.807) is 23.5 Å². The molecule has 0 spiro atoms. The Morgan fingerprint density at radius 3 is 1.94 bits per heavy atom. The molecule has 3 nitrogen and oxygen atoms in total. The van der Waals surface area contributed by atoms with Crippen molar-refractivity contribution in [3.63, 3.8) is 0 Å². The molecule has 0 radical (unpaired) electrons. The standard InChI is InChI=1S/C28H19FN3S.ClH/c29-21-14-16-23(17-15-21)32-27(33-28(31-32)30-22-10-2-1-3-11-22)26-24-12-6-4-8-19(24)18-20-9-5-7-13-25(20)26;/h1-18H,(H,30,31);1H/q+1;/p-1. The number of hydrogen-bond acceptors (Lipinski definition) is 3. The van der Waals surface area contributed by atoms with Crippen molar-refractivity contribution >= 4 is 43.7 Å². The lowest BCUT2D eigenvalue weighted by Crippen LogP contribution is -3.00. The van der Waals surface area contributed by atoms with Crippen LogP contribution in [0.1, 0.15) is 0 Å². The second-order valence-electron chi connectivity index (χ2n) is 7.79. The molecule has 0 fully saturated rings. The van der Waals surface area contributed by atoms with Crippen LogP contribution in [0.5, 0.6) is 0 Å². The number of halogens is 2. The summed E-state index contributed by atoms with van der Waals surface area (Å²) in [5, 5.41) is 14.7. The van der Waals surface area contributed by atoms with Crippen molar-refractivity contribution in [3.05, 3.63) is 115 Å². The number of para-hydroxylation sites is 1. The number of hydrogen-bond donors (Lipinski definition) is 1. The predicted molar refractivity (Wildman–Crippen MR) is 134 cm³/mol. The Morgan fingerprint density at radius 1 is 0.706 bits per heavy atom. The third-order valence-electron chi connectivity index (χ3n) is 5.66. The van der Waals surface area contributed by atoms with Gasteiger partial charge in [-0.05, 0) is 67.9 Å². The van der Waals surface area contributed by atoms with Crippen LogP contribution in [0.25, 0.3) is 37.8 Å². The summed E-state index contributed by atoms with van der Waals surface area (Å²) in [7, 11) is 0. The number of benzene rings is 5. The Bertz CT molecular complexity index is 1540. The molecule has 166 valence electrons. The van der Waals surface area contributed by atoms with Crippen LogP contribution in [0, 0.1) is 5.82 Å². The highest BCUT2D eigenvalue weighted by molar-refractivity contribution is 7.18. The van der Waals surface area contributed by atoms with Gasteiger partial charge < -0.3 is 17.7 Å². The summed E-state index contributed by atoms with van der Waals surface area (Å²) in [6, 6.07) is 35.5. The number of fused-ring (bicyclic) bond motifs is 2. The second kappa shape index (κ2) is 9.21. The fourth-order valence-electron chi connectivity index (χ4n) is 4.15. The van der Waals surface area contributed by atoms with Crippen LogP contribution in [0.4, 0.5) is 15.2 Å². The quantitative estimate of drug-likeness (QED) is 0.299. The topological polar surface area (TPSA) is 28.8 Å². The van der Waals surface area contributed by atoms with E-state index in [1.807, 2.05) is 35.0 Å². The average molecular weight is 484 g/mol. The first-order valence-electron chi connectivity index (χ1n) is 10.7. The Kier molecular flexibility index (Phi) is 5.97. The zero-order valence-electron chi connectivity index (χ0n) is 18.0. The number of aromatic nitrogens is 2. The summed E-state index contributed by atoms with van der Waals surface area (Å²) < 4.78 is 15.6. The maximum Gasteiger partial charge on any atom is 0.306 e. The molecule has 1 heterocycles. The van der Waals surface area contributed by atoms with Crippen molar-refractivity contribution < 1.29 is 21.5 Å². The fraction of sp³-hybridized carbons (Fsp3) is 0. The highest BCUT2D eigenvalue weighted by Gasteiger charge is 2.27. The lowest BCUT2D eigenvalue weighted by Gasteiger charge is -2.08. The minimum Gasteiger partial charge on any atom is -1.00 e. The minimum atomic E-state index is -0.269. The van der Waals surface area contributed by atoms with E-state index in [0.29, 0.717) is 0 Å². The van der Waals surface area contributed by atoms with Gasteiger partial charge >= 0.3 is 5.01 Å². The van der Waals surface area contributed by atoms with Gasteiger partial charge in [0.1, 0.15) is 5.82 Å². The van der Waals surface area contributed by atoms with Crippen molar-refractivity contribution in [1.82, 2.24) is 5.10 Å². The molecule has 0 atom stereocenters. The fourth-order valence-corrected chi connectivity index (χ4v) is 5.17. The van der Waals surface area contributed by atoms with Crippen LogP contribution in [0.3, 0.4) is 0 Å². The van der Waals surface area contributed by atoms with Gasteiger partial charge in [0, 0.05) is 22.9 Å². The van der Waals surface area contributed by atoms with E-state index in [1.165, 1.54) is 22.9 Å². The van der Waals surface area contributed by atoms with Crippen molar-refractivity contribution in [1.29, 1.82) is 0 Å². The lowest BCUT2D eigenvalue weighted by molar-refractivity contribution is -0.642. The van der Waals surface area contributed by atoms with Gasteiger partial charge in [-0.1, -0.05) is 66.7 Å².